The minimum Gasteiger partial charge on any atom is -0.393 e. The summed E-state index contributed by atoms with van der Waals surface area (Å²) in [5, 5.41) is 22.1. The largest absolute Gasteiger partial charge is 0.393 e. The Bertz CT molecular complexity index is 818. The van der Waals surface area contributed by atoms with E-state index in [1.165, 1.54) is 0 Å². The second kappa shape index (κ2) is 8.20. The highest BCUT2D eigenvalue weighted by Crippen LogP contribution is 2.26. The molecule has 1 aliphatic rings. The van der Waals surface area contributed by atoms with E-state index >= 15 is 0 Å². The molecule has 2 aromatic rings. The third-order valence-electron chi connectivity index (χ3n) is 4.31. The number of aromatic amines is 1. The Morgan fingerprint density at radius 3 is 2.58 bits per heavy atom. The number of halogens is 2. The number of anilines is 1. The molecule has 9 heteroatoms. The molecule has 1 saturated carbocycles. The van der Waals surface area contributed by atoms with Crippen molar-refractivity contribution in [2.75, 3.05) is 5.32 Å². The van der Waals surface area contributed by atoms with Crippen molar-refractivity contribution in [3.8, 4) is 0 Å². The van der Waals surface area contributed by atoms with E-state index in [0.717, 1.165) is 12.8 Å². The van der Waals surface area contributed by atoms with Crippen LogP contribution in [-0.2, 0) is 0 Å². The number of benzene rings is 1. The molecule has 0 spiro atoms. The van der Waals surface area contributed by atoms with Gasteiger partial charge >= 0.3 is 0 Å². The van der Waals surface area contributed by atoms with E-state index in [4.69, 9.17) is 11.6 Å². The molecule has 2 amide bonds. The lowest BCUT2D eigenvalue weighted by Crippen LogP contribution is -2.38. The minimum absolute atomic E-state index is 0.00988. The Morgan fingerprint density at radius 2 is 1.88 bits per heavy atom. The minimum atomic E-state index is -0.409. The van der Waals surface area contributed by atoms with Gasteiger partial charge in [0.05, 0.1) is 21.2 Å². The molecule has 26 heavy (non-hydrogen) atoms. The number of carbonyl (C=O) groups is 2. The van der Waals surface area contributed by atoms with Crippen LogP contribution in [0.3, 0.4) is 0 Å². The average Bonchev–Trinajstić information content (AvgIpc) is 2.98. The van der Waals surface area contributed by atoms with Crippen molar-refractivity contribution in [3.05, 3.63) is 45.0 Å². The van der Waals surface area contributed by atoms with Crippen molar-refractivity contribution >= 4 is 45.2 Å². The highest BCUT2D eigenvalue weighted by molar-refractivity contribution is 9.10. The molecule has 0 saturated heterocycles. The Hall–Kier alpha value is -1.90. The number of aliphatic hydroxyl groups is 1. The lowest BCUT2D eigenvalue weighted by molar-refractivity contribution is 0.0862. The van der Waals surface area contributed by atoms with Crippen molar-refractivity contribution in [3.63, 3.8) is 0 Å². The van der Waals surface area contributed by atoms with Crippen LogP contribution in [0.4, 0.5) is 5.82 Å². The topological polar surface area (TPSA) is 107 Å². The molecule has 1 fully saturated rings. The molecule has 1 heterocycles. The third-order valence-corrected chi connectivity index (χ3v) is 5.41. The highest BCUT2D eigenvalue weighted by Gasteiger charge is 2.25. The standard InChI is InChI=1S/C17H18BrClN4O3/c18-13-14(17(26)20-9-5-7-10(24)8-6-9)22-23-15(13)21-16(25)11-3-1-2-4-12(11)19/h1-4,9-10,24H,5-8H2,(H,20,26)(H2,21,22,23,25)/t9-,10-. The smallest absolute Gasteiger partial charge is 0.273 e. The quantitative estimate of drug-likeness (QED) is 0.585. The van der Waals surface area contributed by atoms with Crippen molar-refractivity contribution in [1.82, 2.24) is 15.5 Å². The summed E-state index contributed by atoms with van der Waals surface area (Å²) in [4.78, 5) is 24.7. The number of rotatable bonds is 4. The molecule has 0 atom stereocenters. The lowest BCUT2D eigenvalue weighted by atomic mass is 9.93. The van der Waals surface area contributed by atoms with Gasteiger partial charge in [-0.1, -0.05) is 23.7 Å². The zero-order valence-electron chi connectivity index (χ0n) is 13.8. The summed E-state index contributed by atoms with van der Waals surface area (Å²) in [6.45, 7) is 0. The molecule has 1 aliphatic carbocycles. The summed E-state index contributed by atoms with van der Waals surface area (Å²) >= 11 is 9.32. The molecule has 4 N–H and O–H groups in total. The molecule has 1 aromatic heterocycles. The predicted octanol–water partition coefficient (Wildman–Crippen LogP) is 3.11. The second-order valence-corrected chi connectivity index (χ2v) is 7.37. The van der Waals surface area contributed by atoms with Gasteiger partial charge in [-0.05, 0) is 53.7 Å². The van der Waals surface area contributed by atoms with Gasteiger partial charge in [0.1, 0.15) is 5.82 Å². The number of aliphatic hydroxyl groups excluding tert-OH is 1. The summed E-state index contributed by atoms with van der Waals surface area (Å²) in [7, 11) is 0. The highest BCUT2D eigenvalue weighted by atomic mass is 79.9. The zero-order chi connectivity index (χ0) is 18.7. The second-order valence-electron chi connectivity index (χ2n) is 6.17. The first-order valence-electron chi connectivity index (χ1n) is 8.24. The van der Waals surface area contributed by atoms with Crippen molar-refractivity contribution in [2.45, 2.75) is 37.8 Å². The number of nitrogens with one attached hydrogen (secondary N) is 3. The van der Waals surface area contributed by atoms with E-state index in [1.54, 1.807) is 24.3 Å². The van der Waals surface area contributed by atoms with Gasteiger partial charge in [0.15, 0.2) is 5.69 Å². The first-order valence-corrected chi connectivity index (χ1v) is 9.41. The van der Waals surface area contributed by atoms with Crippen LogP contribution < -0.4 is 10.6 Å². The van der Waals surface area contributed by atoms with Crippen LogP contribution in [-0.4, -0.2) is 39.3 Å². The maximum absolute atomic E-state index is 12.4. The van der Waals surface area contributed by atoms with Gasteiger partial charge in [0.2, 0.25) is 0 Å². The summed E-state index contributed by atoms with van der Waals surface area (Å²) in [5.74, 6) is -0.472. The van der Waals surface area contributed by atoms with Crippen LogP contribution >= 0.6 is 27.5 Å². The molecule has 1 aromatic carbocycles. The van der Waals surface area contributed by atoms with Crippen molar-refractivity contribution in [1.29, 1.82) is 0 Å². The van der Waals surface area contributed by atoms with Gasteiger partial charge < -0.3 is 15.7 Å². The lowest BCUT2D eigenvalue weighted by Gasteiger charge is -2.25. The van der Waals surface area contributed by atoms with Crippen LogP contribution in [0.1, 0.15) is 46.5 Å². The van der Waals surface area contributed by atoms with E-state index in [9.17, 15) is 14.7 Å². The van der Waals surface area contributed by atoms with Crippen LogP contribution in [0.2, 0.25) is 5.02 Å². The van der Waals surface area contributed by atoms with E-state index in [0.29, 0.717) is 27.9 Å². The Balaban J connectivity index is 1.67. The average molecular weight is 442 g/mol. The molecular weight excluding hydrogens is 424 g/mol. The van der Waals surface area contributed by atoms with E-state index in [-0.39, 0.29) is 29.6 Å². The molecule has 0 bridgehead atoms. The Morgan fingerprint density at radius 1 is 1.19 bits per heavy atom. The zero-order valence-corrected chi connectivity index (χ0v) is 16.1. The fraction of sp³-hybridized carbons (Fsp3) is 0.353. The normalized spacial score (nSPS) is 19.8. The number of carbonyl (C=O) groups excluding carboxylic acids is 2. The fourth-order valence-electron chi connectivity index (χ4n) is 2.86. The third kappa shape index (κ3) is 4.25. The summed E-state index contributed by atoms with van der Waals surface area (Å²) in [6.07, 6.45) is 2.51. The maximum atomic E-state index is 12.4. The number of hydrogen-bond donors (Lipinski definition) is 4. The molecule has 0 unspecified atom stereocenters. The Labute approximate surface area is 163 Å². The molecule has 0 radical (unpaired) electrons. The number of amides is 2. The van der Waals surface area contributed by atoms with Crippen molar-refractivity contribution in [2.24, 2.45) is 0 Å². The number of hydrogen-bond acceptors (Lipinski definition) is 4. The number of H-pyrrole nitrogens is 1. The first-order chi connectivity index (χ1) is 12.5. The van der Waals surface area contributed by atoms with Crippen LogP contribution in [0.15, 0.2) is 28.7 Å². The van der Waals surface area contributed by atoms with Gasteiger partial charge in [-0.3, -0.25) is 14.7 Å². The van der Waals surface area contributed by atoms with Crippen LogP contribution in [0, 0.1) is 0 Å². The molecule has 0 aliphatic heterocycles. The summed E-state index contributed by atoms with van der Waals surface area (Å²) in [5.41, 5.74) is 0.480. The maximum Gasteiger partial charge on any atom is 0.273 e. The van der Waals surface area contributed by atoms with E-state index < -0.39 is 5.91 Å². The van der Waals surface area contributed by atoms with Gasteiger partial charge in [-0.15, -0.1) is 0 Å². The molecule has 3 rings (SSSR count). The van der Waals surface area contributed by atoms with Crippen LogP contribution in [0.5, 0.6) is 0 Å². The Kier molecular flexibility index (Phi) is 5.95. The fourth-order valence-corrected chi connectivity index (χ4v) is 3.54. The van der Waals surface area contributed by atoms with E-state index in [2.05, 4.69) is 36.8 Å². The number of aromatic nitrogens is 2. The SMILES string of the molecule is O=C(Nc1[nH]nc(C(=O)N[C@H]2CC[C@H](O)CC2)c1Br)c1ccccc1Cl. The summed E-state index contributed by atoms with van der Waals surface area (Å²) in [6, 6.07) is 6.68. The summed E-state index contributed by atoms with van der Waals surface area (Å²) < 4.78 is 0.367. The van der Waals surface area contributed by atoms with E-state index in [1.807, 2.05) is 0 Å². The number of nitrogens with zero attached hydrogens (tertiary/aromatic N) is 1. The molecule has 7 nitrogen and oxygen atoms in total. The predicted molar refractivity (Wildman–Crippen MR) is 101 cm³/mol. The van der Waals surface area contributed by atoms with Crippen molar-refractivity contribution < 1.29 is 14.7 Å². The van der Waals surface area contributed by atoms with Gasteiger partial charge in [-0.2, -0.15) is 5.10 Å². The molecular formula is C17H18BrClN4O3. The van der Waals surface area contributed by atoms with Gasteiger partial charge in [0.25, 0.3) is 11.8 Å². The first kappa shape index (κ1) is 18.9. The molecule has 138 valence electrons. The van der Waals surface area contributed by atoms with Crippen LogP contribution in [0.25, 0.3) is 0 Å². The van der Waals surface area contributed by atoms with Gasteiger partial charge in [0, 0.05) is 6.04 Å². The monoisotopic (exact) mass is 440 g/mol. The van der Waals surface area contributed by atoms with Gasteiger partial charge in [-0.25, -0.2) is 0 Å².